The standard InChI is InChI=1S/C13H18N2O3S/c1-2-9-5-6-10(19-9)8-14-13(18)15-7-3-4-11(15)12(16)17/h5-6,11H,2-4,7-8H2,1H3,(H,14,18)(H,16,17). The Morgan fingerprint density at radius 3 is 2.84 bits per heavy atom. The van der Waals surface area contributed by atoms with E-state index in [0.717, 1.165) is 17.7 Å². The van der Waals surface area contributed by atoms with Crippen LogP contribution < -0.4 is 5.32 Å². The number of aryl methyl sites for hydroxylation is 1. The number of amides is 2. The van der Waals surface area contributed by atoms with E-state index in [9.17, 15) is 9.59 Å². The third kappa shape index (κ3) is 3.26. The van der Waals surface area contributed by atoms with E-state index < -0.39 is 12.0 Å². The Bertz CT molecular complexity index is 472. The van der Waals surface area contributed by atoms with E-state index in [0.29, 0.717) is 19.5 Å². The molecular formula is C13H18N2O3S. The van der Waals surface area contributed by atoms with Crippen molar-refractivity contribution in [3.05, 3.63) is 21.9 Å². The summed E-state index contributed by atoms with van der Waals surface area (Å²) in [5, 5.41) is 11.8. The Hall–Kier alpha value is -1.56. The van der Waals surface area contributed by atoms with Gasteiger partial charge in [0.05, 0.1) is 6.54 Å². The fourth-order valence-electron chi connectivity index (χ4n) is 2.24. The molecule has 1 aromatic heterocycles. The van der Waals surface area contributed by atoms with Gasteiger partial charge in [-0.05, 0) is 31.4 Å². The topological polar surface area (TPSA) is 69.6 Å². The summed E-state index contributed by atoms with van der Waals surface area (Å²) in [5.74, 6) is -0.919. The minimum atomic E-state index is -0.919. The Kier molecular flexibility index (Phi) is 4.42. The third-order valence-corrected chi connectivity index (χ3v) is 4.51. The Labute approximate surface area is 116 Å². The second-order valence-corrected chi connectivity index (χ2v) is 5.82. The van der Waals surface area contributed by atoms with Gasteiger partial charge in [0.2, 0.25) is 0 Å². The number of likely N-dealkylation sites (tertiary alicyclic amines) is 1. The van der Waals surface area contributed by atoms with Gasteiger partial charge in [-0.2, -0.15) is 0 Å². The quantitative estimate of drug-likeness (QED) is 0.888. The molecule has 0 aliphatic carbocycles. The van der Waals surface area contributed by atoms with Crippen LogP contribution in [0.25, 0.3) is 0 Å². The fourth-order valence-corrected chi connectivity index (χ4v) is 3.14. The molecule has 0 aromatic carbocycles. The average molecular weight is 282 g/mol. The number of carbonyl (C=O) groups excluding carboxylic acids is 1. The molecule has 1 atom stereocenters. The number of carboxylic acid groups (broad SMARTS) is 1. The molecule has 0 radical (unpaired) electrons. The number of carbonyl (C=O) groups is 2. The molecule has 1 aromatic rings. The highest BCUT2D eigenvalue weighted by atomic mass is 32.1. The number of thiophene rings is 1. The van der Waals surface area contributed by atoms with Gasteiger partial charge < -0.3 is 15.3 Å². The summed E-state index contributed by atoms with van der Waals surface area (Å²) in [7, 11) is 0. The van der Waals surface area contributed by atoms with Crippen molar-refractivity contribution in [1.82, 2.24) is 10.2 Å². The van der Waals surface area contributed by atoms with Gasteiger partial charge in [0.25, 0.3) is 0 Å². The van der Waals surface area contributed by atoms with Gasteiger partial charge in [0.1, 0.15) is 6.04 Å². The van der Waals surface area contributed by atoms with E-state index in [4.69, 9.17) is 5.11 Å². The van der Waals surface area contributed by atoms with Crippen molar-refractivity contribution in [3.63, 3.8) is 0 Å². The third-order valence-electron chi connectivity index (χ3n) is 3.28. The van der Waals surface area contributed by atoms with Crippen LogP contribution in [0.3, 0.4) is 0 Å². The molecule has 1 aliphatic rings. The summed E-state index contributed by atoms with van der Waals surface area (Å²) in [6, 6.07) is 3.11. The molecule has 0 saturated carbocycles. The van der Waals surface area contributed by atoms with Crippen LogP contribution >= 0.6 is 11.3 Å². The lowest BCUT2D eigenvalue weighted by molar-refractivity contribution is -0.141. The lowest BCUT2D eigenvalue weighted by Gasteiger charge is -2.21. The highest BCUT2D eigenvalue weighted by molar-refractivity contribution is 7.11. The molecule has 19 heavy (non-hydrogen) atoms. The highest BCUT2D eigenvalue weighted by Crippen LogP contribution is 2.19. The lowest BCUT2D eigenvalue weighted by Crippen LogP contribution is -2.45. The van der Waals surface area contributed by atoms with Crippen LogP contribution in [0.15, 0.2) is 12.1 Å². The maximum atomic E-state index is 12.0. The summed E-state index contributed by atoms with van der Waals surface area (Å²) in [6.45, 7) is 3.08. The van der Waals surface area contributed by atoms with Crippen LogP contribution in [0.1, 0.15) is 29.5 Å². The summed E-state index contributed by atoms with van der Waals surface area (Å²) in [5.41, 5.74) is 0. The molecule has 2 amide bonds. The van der Waals surface area contributed by atoms with Crippen LogP contribution in [0.4, 0.5) is 4.79 Å². The summed E-state index contributed by atoms with van der Waals surface area (Å²) >= 11 is 1.67. The van der Waals surface area contributed by atoms with Crippen LogP contribution in [0.5, 0.6) is 0 Å². The van der Waals surface area contributed by atoms with E-state index in [2.05, 4.69) is 18.3 Å². The van der Waals surface area contributed by atoms with Crippen molar-refractivity contribution in [2.45, 2.75) is 38.8 Å². The number of carboxylic acids is 1. The monoisotopic (exact) mass is 282 g/mol. The molecule has 104 valence electrons. The summed E-state index contributed by atoms with van der Waals surface area (Å²) < 4.78 is 0. The van der Waals surface area contributed by atoms with Gasteiger partial charge in [-0.25, -0.2) is 9.59 Å². The first kappa shape index (κ1) is 13.9. The molecule has 5 nitrogen and oxygen atoms in total. The van der Waals surface area contributed by atoms with Crippen LogP contribution in [0, 0.1) is 0 Å². The fraction of sp³-hybridized carbons (Fsp3) is 0.538. The maximum absolute atomic E-state index is 12.0. The SMILES string of the molecule is CCc1ccc(CNC(=O)N2CCCC2C(=O)O)s1. The normalized spacial score (nSPS) is 18.6. The number of rotatable bonds is 4. The van der Waals surface area contributed by atoms with Crippen molar-refractivity contribution in [2.24, 2.45) is 0 Å². The Morgan fingerprint density at radius 1 is 1.47 bits per heavy atom. The molecule has 1 fully saturated rings. The van der Waals surface area contributed by atoms with Gasteiger partial charge in [0.15, 0.2) is 0 Å². The number of nitrogens with one attached hydrogen (secondary N) is 1. The van der Waals surface area contributed by atoms with Gasteiger partial charge in [-0.1, -0.05) is 6.92 Å². The second kappa shape index (κ2) is 6.06. The molecule has 0 bridgehead atoms. The summed E-state index contributed by atoms with van der Waals surface area (Å²) in [6.07, 6.45) is 2.29. The molecule has 2 rings (SSSR count). The number of nitrogens with zero attached hydrogens (tertiary/aromatic N) is 1. The van der Waals surface area contributed by atoms with E-state index in [1.807, 2.05) is 6.07 Å². The predicted octanol–water partition coefficient (Wildman–Crippen LogP) is 2.07. The number of urea groups is 1. The molecule has 2 N–H and O–H groups in total. The summed E-state index contributed by atoms with van der Waals surface area (Å²) in [4.78, 5) is 26.8. The number of hydrogen-bond donors (Lipinski definition) is 2. The van der Waals surface area contributed by atoms with Crippen LogP contribution in [0.2, 0.25) is 0 Å². The number of hydrogen-bond acceptors (Lipinski definition) is 3. The smallest absolute Gasteiger partial charge is 0.326 e. The van der Waals surface area contributed by atoms with E-state index >= 15 is 0 Å². The minimum absolute atomic E-state index is 0.281. The maximum Gasteiger partial charge on any atom is 0.326 e. The Morgan fingerprint density at radius 2 is 2.21 bits per heavy atom. The zero-order valence-electron chi connectivity index (χ0n) is 10.9. The molecule has 6 heteroatoms. The van der Waals surface area contributed by atoms with Gasteiger partial charge in [0, 0.05) is 16.3 Å². The molecular weight excluding hydrogens is 264 g/mol. The van der Waals surface area contributed by atoms with E-state index in [1.54, 1.807) is 11.3 Å². The molecule has 0 spiro atoms. The first-order chi connectivity index (χ1) is 9.11. The van der Waals surface area contributed by atoms with Crippen LogP contribution in [-0.4, -0.2) is 34.6 Å². The van der Waals surface area contributed by atoms with Crippen molar-refractivity contribution >= 4 is 23.3 Å². The van der Waals surface area contributed by atoms with Gasteiger partial charge in [-0.3, -0.25) is 0 Å². The molecule has 2 heterocycles. The lowest BCUT2D eigenvalue weighted by atomic mass is 10.2. The molecule has 1 aliphatic heterocycles. The first-order valence-corrected chi connectivity index (χ1v) is 7.28. The van der Waals surface area contributed by atoms with Crippen molar-refractivity contribution < 1.29 is 14.7 Å². The minimum Gasteiger partial charge on any atom is -0.480 e. The first-order valence-electron chi connectivity index (χ1n) is 6.46. The van der Waals surface area contributed by atoms with E-state index in [1.165, 1.54) is 9.78 Å². The Balaban J connectivity index is 1.88. The predicted molar refractivity (Wildman–Crippen MR) is 73.3 cm³/mol. The van der Waals surface area contributed by atoms with Gasteiger partial charge in [-0.15, -0.1) is 11.3 Å². The average Bonchev–Trinajstić information content (AvgIpc) is 3.04. The number of aliphatic carboxylic acids is 1. The van der Waals surface area contributed by atoms with Crippen LogP contribution in [-0.2, 0) is 17.8 Å². The highest BCUT2D eigenvalue weighted by Gasteiger charge is 2.33. The zero-order valence-corrected chi connectivity index (χ0v) is 11.7. The van der Waals surface area contributed by atoms with Crippen molar-refractivity contribution in [1.29, 1.82) is 0 Å². The molecule has 1 saturated heterocycles. The zero-order chi connectivity index (χ0) is 13.8. The van der Waals surface area contributed by atoms with Crippen molar-refractivity contribution in [2.75, 3.05) is 6.54 Å². The van der Waals surface area contributed by atoms with Gasteiger partial charge >= 0.3 is 12.0 Å². The second-order valence-electron chi connectivity index (χ2n) is 4.57. The van der Waals surface area contributed by atoms with E-state index in [-0.39, 0.29) is 6.03 Å². The molecule has 1 unspecified atom stereocenters. The van der Waals surface area contributed by atoms with Crippen molar-refractivity contribution in [3.8, 4) is 0 Å². The largest absolute Gasteiger partial charge is 0.480 e.